The van der Waals surface area contributed by atoms with Crippen molar-refractivity contribution in [3.8, 4) is 5.75 Å². The van der Waals surface area contributed by atoms with Crippen LogP contribution in [0.5, 0.6) is 5.75 Å². The highest BCUT2D eigenvalue weighted by Gasteiger charge is 2.39. The van der Waals surface area contributed by atoms with Crippen molar-refractivity contribution in [2.45, 2.75) is 52.1 Å². The number of hydrogen-bond acceptors (Lipinski definition) is 3. The molecule has 0 spiro atoms. The lowest BCUT2D eigenvalue weighted by Crippen LogP contribution is -2.52. The first-order valence-corrected chi connectivity index (χ1v) is 10.1. The number of nitrogens with zero attached hydrogens (tertiary/aromatic N) is 1. The van der Waals surface area contributed by atoms with Crippen LogP contribution in [-0.4, -0.2) is 36.5 Å². The summed E-state index contributed by atoms with van der Waals surface area (Å²) in [5, 5.41) is 3.34. The molecule has 1 saturated heterocycles. The van der Waals surface area contributed by atoms with Gasteiger partial charge < -0.3 is 10.1 Å². The molecule has 3 rings (SSSR count). The highest BCUT2D eigenvalue weighted by molar-refractivity contribution is 5.98. The number of carbonyl (C=O) groups excluding carboxylic acids is 1. The summed E-state index contributed by atoms with van der Waals surface area (Å²) in [7, 11) is 1.62. The summed E-state index contributed by atoms with van der Waals surface area (Å²) in [5.41, 5.74) is 3.55. The smallest absolute Gasteiger partial charge is 0.255 e. The van der Waals surface area contributed by atoms with Crippen LogP contribution >= 0.6 is 0 Å². The fraction of sp³-hybridized carbons (Fsp3) is 0.458. The lowest BCUT2D eigenvalue weighted by Gasteiger charge is -2.42. The van der Waals surface area contributed by atoms with E-state index >= 15 is 0 Å². The van der Waals surface area contributed by atoms with Crippen LogP contribution in [0, 0.1) is 13.8 Å². The maximum Gasteiger partial charge on any atom is 0.255 e. The second kappa shape index (κ2) is 8.36. The molecule has 4 heteroatoms. The molecule has 1 heterocycles. The van der Waals surface area contributed by atoms with Crippen molar-refractivity contribution in [3.05, 3.63) is 64.7 Å². The molecular formula is C24H32N2O2. The van der Waals surface area contributed by atoms with Gasteiger partial charge in [0.05, 0.1) is 18.7 Å². The molecule has 1 N–H and O–H groups in total. The van der Waals surface area contributed by atoms with Gasteiger partial charge in [0.1, 0.15) is 5.75 Å². The van der Waals surface area contributed by atoms with Crippen molar-refractivity contribution in [2.24, 2.45) is 0 Å². The normalized spacial score (nSPS) is 16.0. The molecule has 2 aromatic carbocycles. The fourth-order valence-electron chi connectivity index (χ4n) is 4.39. The zero-order valence-electron chi connectivity index (χ0n) is 17.7. The van der Waals surface area contributed by atoms with E-state index in [2.05, 4.69) is 36.2 Å². The quantitative estimate of drug-likeness (QED) is 0.793. The summed E-state index contributed by atoms with van der Waals surface area (Å²) in [5.74, 6) is 0.554. The first-order valence-electron chi connectivity index (χ1n) is 10.1. The number of nitrogens with one attached hydrogen (secondary N) is 1. The molecule has 1 aliphatic rings. The Kier molecular flexibility index (Phi) is 6.09. The SMILES string of the molecule is COc1c(C)cc(C)cc1C(=O)NC(c1ccccc1)C(C)(C)N1CCCC1. The second-order valence-electron chi connectivity index (χ2n) is 8.33. The molecule has 0 aliphatic carbocycles. The number of likely N-dealkylation sites (tertiary alicyclic amines) is 1. The summed E-state index contributed by atoms with van der Waals surface area (Å²) in [6.45, 7) is 10.6. The molecule has 1 amide bonds. The molecule has 2 aromatic rings. The van der Waals surface area contributed by atoms with Gasteiger partial charge in [0.15, 0.2) is 0 Å². The molecule has 1 aliphatic heterocycles. The van der Waals surface area contributed by atoms with Gasteiger partial charge in [-0.05, 0) is 76.4 Å². The van der Waals surface area contributed by atoms with Gasteiger partial charge in [-0.3, -0.25) is 9.69 Å². The number of carbonyl (C=O) groups is 1. The first kappa shape index (κ1) is 20.4. The monoisotopic (exact) mass is 380 g/mol. The molecule has 0 bridgehead atoms. The Morgan fingerprint density at radius 3 is 2.36 bits per heavy atom. The Morgan fingerprint density at radius 2 is 1.75 bits per heavy atom. The van der Waals surface area contributed by atoms with Gasteiger partial charge >= 0.3 is 0 Å². The van der Waals surface area contributed by atoms with Crippen LogP contribution in [0.3, 0.4) is 0 Å². The Labute approximate surface area is 168 Å². The van der Waals surface area contributed by atoms with E-state index in [4.69, 9.17) is 4.74 Å². The Hall–Kier alpha value is -2.33. The summed E-state index contributed by atoms with van der Waals surface area (Å²) in [6.07, 6.45) is 2.42. The van der Waals surface area contributed by atoms with Crippen LogP contribution in [-0.2, 0) is 0 Å². The van der Waals surface area contributed by atoms with Crippen molar-refractivity contribution in [1.82, 2.24) is 10.2 Å². The predicted molar refractivity (Wildman–Crippen MR) is 114 cm³/mol. The number of amides is 1. The lowest BCUT2D eigenvalue weighted by molar-refractivity contribution is 0.0776. The second-order valence-corrected chi connectivity index (χ2v) is 8.33. The van der Waals surface area contributed by atoms with Crippen LogP contribution in [0.25, 0.3) is 0 Å². The van der Waals surface area contributed by atoms with E-state index in [9.17, 15) is 4.79 Å². The Bertz CT molecular complexity index is 824. The van der Waals surface area contributed by atoms with E-state index in [0.29, 0.717) is 11.3 Å². The third-order valence-corrected chi connectivity index (χ3v) is 5.90. The summed E-state index contributed by atoms with van der Waals surface area (Å²) < 4.78 is 5.55. The largest absolute Gasteiger partial charge is 0.496 e. The number of aryl methyl sites for hydroxylation is 2. The van der Waals surface area contributed by atoms with Crippen molar-refractivity contribution in [2.75, 3.05) is 20.2 Å². The van der Waals surface area contributed by atoms with Gasteiger partial charge in [0.2, 0.25) is 0 Å². The average Bonchev–Trinajstić information content (AvgIpc) is 3.21. The molecule has 0 saturated carbocycles. The minimum absolute atomic E-state index is 0.0928. The summed E-state index contributed by atoms with van der Waals surface area (Å²) in [6, 6.07) is 14.1. The van der Waals surface area contributed by atoms with Crippen LogP contribution in [0.2, 0.25) is 0 Å². The van der Waals surface area contributed by atoms with Crippen molar-refractivity contribution < 1.29 is 9.53 Å². The molecule has 1 unspecified atom stereocenters. The van der Waals surface area contributed by atoms with Crippen molar-refractivity contribution in [1.29, 1.82) is 0 Å². The maximum atomic E-state index is 13.4. The number of hydrogen-bond donors (Lipinski definition) is 1. The van der Waals surface area contributed by atoms with Gasteiger partial charge in [-0.1, -0.05) is 36.4 Å². The minimum atomic E-state index is -0.195. The molecule has 0 aromatic heterocycles. The van der Waals surface area contributed by atoms with Crippen LogP contribution in [0.4, 0.5) is 0 Å². The Morgan fingerprint density at radius 1 is 1.11 bits per heavy atom. The zero-order valence-corrected chi connectivity index (χ0v) is 17.7. The number of ether oxygens (including phenoxy) is 1. The zero-order chi connectivity index (χ0) is 20.3. The third kappa shape index (κ3) is 4.07. The molecule has 4 nitrogen and oxygen atoms in total. The standard InChI is InChI=1S/C24H32N2O2/c1-17-15-18(2)21(28-5)20(16-17)23(27)25-22(19-11-7-6-8-12-19)24(3,4)26-13-9-10-14-26/h6-8,11-12,15-16,22H,9-10,13-14H2,1-5H3,(H,25,27). The van der Waals surface area contributed by atoms with Crippen LogP contribution in [0.15, 0.2) is 42.5 Å². The number of methoxy groups -OCH3 is 1. The molecular weight excluding hydrogens is 348 g/mol. The van der Waals surface area contributed by atoms with E-state index in [-0.39, 0.29) is 17.5 Å². The number of rotatable bonds is 6. The van der Waals surface area contributed by atoms with Gasteiger partial charge in [-0.15, -0.1) is 0 Å². The fourth-order valence-corrected chi connectivity index (χ4v) is 4.39. The van der Waals surface area contributed by atoms with Gasteiger partial charge in [0.25, 0.3) is 5.91 Å². The van der Waals surface area contributed by atoms with Gasteiger partial charge in [-0.25, -0.2) is 0 Å². The van der Waals surface area contributed by atoms with Gasteiger partial charge in [0, 0.05) is 5.54 Å². The maximum absolute atomic E-state index is 13.4. The lowest BCUT2D eigenvalue weighted by atomic mass is 9.86. The van der Waals surface area contributed by atoms with E-state index in [0.717, 1.165) is 29.8 Å². The molecule has 1 atom stereocenters. The summed E-state index contributed by atoms with van der Waals surface area (Å²) >= 11 is 0. The Balaban J connectivity index is 1.97. The summed E-state index contributed by atoms with van der Waals surface area (Å²) in [4.78, 5) is 15.9. The topological polar surface area (TPSA) is 41.6 Å². The van der Waals surface area contributed by atoms with E-state index < -0.39 is 0 Å². The van der Waals surface area contributed by atoms with Crippen LogP contribution in [0.1, 0.15) is 59.8 Å². The van der Waals surface area contributed by atoms with Gasteiger partial charge in [-0.2, -0.15) is 0 Å². The van der Waals surface area contributed by atoms with E-state index in [1.165, 1.54) is 12.8 Å². The van der Waals surface area contributed by atoms with Crippen molar-refractivity contribution >= 4 is 5.91 Å². The highest BCUT2D eigenvalue weighted by Crippen LogP contribution is 2.34. The molecule has 0 radical (unpaired) electrons. The average molecular weight is 381 g/mol. The van der Waals surface area contributed by atoms with Crippen molar-refractivity contribution in [3.63, 3.8) is 0 Å². The molecule has 28 heavy (non-hydrogen) atoms. The van der Waals surface area contributed by atoms with E-state index in [1.807, 2.05) is 44.2 Å². The third-order valence-electron chi connectivity index (χ3n) is 5.90. The highest BCUT2D eigenvalue weighted by atomic mass is 16.5. The first-order chi connectivity index (χ1) is 13.3. The number of benzene rings is 2. The predicted octanol–water partition coefficient (Wildman–Crippen LogP) is 4.66. The molecule has 1 fully saturated rings. The van der Waals surface area contributed by atoms with E-state index in [1.54, 1.807) is 7.11 Å². The minimum Gasteiger partial charge on any atom is -0.496 e. The van der Waals surface area contributed by atoms with Crippen LogP contribution < -0.4 is 10.1 Å². The molecule has 150 valence electrons.